The number of piperazine rings is 1. The number of halogens is 4. The first-order chi connectivity index (χ1) is 14.2. The lowest BCUT2D eigenvalue weighted by atomic mass is 9.99. The number of hydrogen-bond acceptors (Lipinski definition) is 3. The van der Waals surface area contributed by atoms with Gasteiger partial charge in [0.2, 0.25) is 5.91 Å². The van der Waals surface area contributed by atoms with Crippen LogP contribution in [0.3, 0.4) is 0 Å². The Morgan fingerprint density at radius 2 is 1.83 bits per heavy atom. The van der Waals surface area contributed by atoms with E-state index in [0.717, 1.165) is 22.8 Å². The van der Waals surface area contributed by atoms with Crippen molar-refractivity contribution in [1.82, 2.24) is 9.88 Å². The number of allylic oxidation sites excluding steroid dienone is 4. The molecule has 0 N–H and O–H groups in total. The minimum Gasteiger partial charge on any atom is -0.353 e. The minimum absolute atomic E-state index is 0.00411. The number of pyridine rings is 1. The number of amides is 1. The molecule has 1 aromatic heterocycles. The van der Waals surface area contributed by atoms with Gasteiger partial charge in [-0.2, -0.15) is 13.2 Å². The highest BCUT2D eigenvalue weighted by atomic mass is 35.5. The van der Waals surface area contributed by atoms with Crippen LogP contribution in [0.2, 0.25) is 0 Å². The van der Waals surface area contributed by atoms with Crippen LogP contribution in [0.25, 0.3) is 10.9 Å². The monoisotopic (exact) mass is 435 g/mol. The first-order valence-electron chi connectivity index (χ1n) is 9.78. The first kappa shape index (κ1) is 20.7. The molecule has 1 amide bonds. The number of alkyl halides is 3. The number of benzene rings is 1. The number of anilines is 1. The first-order valence-corrected chi connectivity index (χ1v) is 10.2. The van der Waals surface area contributed by atoms with Gasteiger partial charge in [-0.15, -0.1) is 0 Å². The Balaban J connectivity index is 1.38. The lowest BCUT2D eigenvalue weighted by Gasteiger charge is -2.36. The summed E-state index contributed by atoms with van der Waals surface area (Å²) in [6.45, 7) is 3.82. The number of fused-ring (bicyclic) bond motifs is 1. The molecule has 2 aliphatic rings. The Morgan fingerprint density at radius 3 is 2.50 bits per heavy atom. The van der Waals surface area contributed by atoms with Crippen LogP contribution in [0.5, 0.6) is 0 Å². The highest BCUT2D eigenvalue weighted by Crippen LogP contribution is 2.43. The second-order valence-electron chi connectivity index (χ2n) is 7.62. The van der Waals surface area contributed by atoms with Crippen LogP contribution in [0, 0.1) is 5.92 Å². The second-order valence-corrected chi connectivity index (χ2v) is 7.99. The molecule has 1 aliphatic heterocycles. The quantitative estimate of drug-likeness (QED) is 0.687. The van der Waals surface area contributed by atoms with Gasteiger partial charge in [0.25, 0.3) is 0 Å². The largest absolute Gasteiger partial charge is 0.417 e. The van der Waals surface area contributed by atoms with Gasteiger partial charge < -0.3 is 9.80 Å². The number of aromatic nitrogens is 1. The van der Waals surface area contributed by atoms with Gasteiger partial charge in [0.05, 0.1) is 16.1 Å². The number of para-hydroxylation sites is 1. The number of nitrogens with zero attached hydrogens (tertiary/aromatic N) is 3. The van der Waals surface area contributed by atoms with Crippen molar-refractivity contribution in [1.29, 1.82) is 0 Å². The Bertz CT molecular complexity index is 1040. The van der Waals surface area contributed by atoms with Crippen molar-refractivity contribution in [3.8, 4) is 0 Å². The lowest BCUT2D eigenvalue weighted by molar-refractivity contribution is -0.132. The Hall–Kier alpha value is -2.54. The van der Waals surface area contributed by atoms with Gasteiger partial charge in [0, 0.05) is 43.9 Å². The minimum atomic E-state index is -4.51. The molecule has 1 unspecified atom stereocenters. The summed E-state index contributed by atoms with van der Waals surface area (Å²) in [5.74, 6) is 0.0938. The average Bonchev–Trinajstić information content (AvgIpc) is 3.02. The number of rotatable bonds is 3. The van der Waals surface area contributed by atoms with Crippen LogP contribution in [0.15, 0.2) is 58.7 Å². The highest BCUT2D eigenvalue weighted by molar-refractivity contribution is 6.33. The number of carbonyl (C=O) groups is 1. The predicted molar refractivity (Wildman–Crippen MR) is 111 cm³/mol. The van der Waals surface area contributed by atoms with E-state index < -0.39 is 17.7 Å². The highest BCUT2D eigenvalue weighted by Gasteiger charge is 2.41. The van der Waals surface area contributed by atoms with Crippen molar-refractivity contribution in [2.24, 2.45) is 5.92 Å². The van der Waals surface area contributed by atoms with E-state index in [0.29, 0.717) is 31.8 Å². The molecule has 1 aliphatic carbocycles. The SMILES string of the molecule is CC1=C(Cl)C(C(F)(F)F)=CC1CC(=O)N1CCN(c2ccc3ccccc3n2)CC1. The molecule has 8 heteroatoms. The number of hydrogen-bond donors (Lipinski definition) is 0. The molecule has 0 spiro atoms. The van der Waals surface area contributed by atoms with Gasteiger partial charge in [-0.05, 0) is 30.7 Å². The third-order valence-corrected chi connectivity index (χ3v) is 6.25. The fraction of sp³-hybridized carbons (Fsp3) is 0.364. The normalized spacial score (nSPS) is 20.2. The third-order valence-electron chi connectivity index (χ3n) is 5.75. The van der Waals surface area contributed by atoms with Crippen LogP contribution in [-0.4, -0.2) is 48.1 Å². The van der Waals surface area contributed by atoms with Gasteiger partial charge in [-0.1, -0.05) is 35.9 Å². The molecule has 2 heterocycles. The summed E-state index contributed by atoms with van der Waals surface area (Å²) in [4.78, 5) is 21.2. The zero-order valence-electron chi connectivity index (χ0n) is 16.4. The lowest BCUT2D eigenvalue weighted by Crippen LogP contribution is -2.49. The van der Waals surface area contributed by atoms with Gasteiger partial charge >= 0.3 is 6.18 Å². The van der Waals surface area contributed by atoms with E-state index in [9.17, 15) is 18.0 Å². The maximum absolute atomic E-state index is 13.1. The van der Waals surface area contributed by atoms with Crippen molar-refractivity contribution < 1.29 is 18.0 Å². The van der Waals surface area contributed by atoms with E-state index in [2.05, 4.69) is 9.88 Å². The molecule has 30 heavy (non-hydrogen) atoms. The van der Waals surface area contributed by atoms with Crippen molar-refractivity contribution in [2.45, 2.75) is 19.5 Å². The fourth-order valence-corrected chi connectivity index (χ4v) is 4.25. The van der Waals surface area contributed by atoms with Gasteiger partial charge in [0.1, 0.15) is 5.82 Å². The topological polar surface area (TPSA) is 36.4 Å². The molecule has 4 rings (SSSR count). The zero-order chi connectivity index (χ0) is 21.5. The summed E-state index contributed by atoms with van der Waals surface area (Å²) in [5, 5.41) is 0.785. The van der Waals surface area contributed by atoms with Crippen molar-refractivity contribution in [2.75, 3.05) is 31.1 Å². The van der Waals surface area contributed by atoms with Crippen molar-refractivity contribution in [3.05, 3.63) is 58.7 Å². The average molecular weight is 436 g/mol. The van der Waals surface area contributed by atoms with Crippen LogP contribution in [0.1, 0.15) is 13.3 Å². The molecule has 158 valence electrons. The maximum Gasteiger partial charge on any atom is 0.417 e. The van der Waals surface area contributed by atoms with E-state index in [4.69, 9.17) is 11.6 Å². The molecule has 1 atom stereocenters. The summed E-state index contributed by atoms with van der Waals surface area (Å²) in [5.41, 5.74) is 0.476. The van der Waals surface area contributed by atoms with E-state index in [1.54, 1.807) is 11.8 Å². The van der Waals surface area contributed by atoms with Crippen molar-refractivity contribution in [3.63, 3.8) is 0 Å². The van der Waals surface area contributed by atoms with Gasteiger partial charge in [-0.3, -0.25) is 4.79 Å². The number of carbonyl (C=O) groups excluding carboxylic acids is 1. The molecular weight excluding hydrogens is 415 g/mol. The molecule has 4 nitrogen and oxygen atoms in total. The van der Waals surface area contributed by atoms with Gasteiger partial charge in [-0.25, -0.2) is 4.98 Å². The fourth-order valence-electron chi connectivity index (χ4n) is 3.94. The maximum atomic E-state index is 13.1. The molecule has 0 bridgehead atoms. The standard InChI is InChI=1S/C22H21ClF3N3O/c1-14-16(12-17(21(14)23)22(24,25)26)13-20(30)29-10-8-28(9-11-29)19-7-6-15-4-2-3-5-18(15)27-19/h2-7,12,16H,8-11,13H2,1H3. The molecule has 1 aromatic carbocycles. The molecular formula is C22H21ClF3N3O. The molecule has 1 fully saturated rings. The van der Waals surface area contributed by atoms with Crippen LogP contribution in [0.4, 0.5) is 19.0 Å². The van der Waals surface area contributed by atoms with Crippen LogP contribution in [-0.2, 0) is 4.79 Å². The summed E-state index contributed by atoms with van der Waals surface area (Å²) in [7, 11) is 0. The zero-order valence-corrected chi connectivity index (χ0v) is 17.2. The molecule has 0 saturated carbocycles. The Morgan fingerprint density at radius 1 is 1.13 bits per heavy atom. The van der Waals surface area contributed by atoms with E-state index in [1.807, 2.05) is 36.4 Å². The Labute approximate surface area is 177 Å². The predicted octanol–water partition coefficient (Wildman–Crippen LogP) is 4.90. The summed E-state index contributed by atoms with van der Waals surface area (Å²) in [6.07, 6.45) is -3.44. The van der Waals surface area contributed by atoms with Gasteiger partial charge in [0.15, 0.2) is 0 Å². The summed E-state index contributed by atoms with van der Waals surface area (Å²) >= 11 is 5.86. The van der Waals surface area contributed by atoms with Crippen LogP contribution < -0.4 is 4.90 Å². The molecule has 0 radical (unpaired) electrons. The van der Waals surface area contributed by atoms with Crippen LogP contribution >= 0.6 is 11.6 Å². The molecule has 2 aromatic rings. The van der Waals surface area contributed by atoms with E-state index >= 15 is 0 Å². The second kappa shape index (κ2) is 7.95. The third kappa shape index (κ3) is 4.03. The molecule has 1 saturated heterocycles. The van der Waals surface area contributed by atoms with E-state index in [-0.39, 0.29) is 17.4 Å². The summed E-state index contributed by atoms with van der Waals surface area (Å²) < 4.78 is 39.2. The van der Waals surface area contributed by atoms with Crippen molar-refractivity contribution >= 4 is 34.2 Å². The smallest absolute Gasteiger partial charge is 0.353 e. The summed E-state index contributed by atoms with van der Waals surface area (Å²) in [6, 6.07) is 11.9. The Kier molecular flexibility index (Phi) is 5.49. The van der Waals surface area contributed by atoms with E-state index in [1.165, 1.54) is 0 Å².